The average molecular weight is 241 g/mol. The van der Waals surface area contributed by atoms with E-state index in [1.807, 2.05) is 24.4 Å². The predicted octanol–water partition coefficient (Wildman–Crippen LogP) is 0.128. The molecule has 0 bridgehead atoms. The average Bonchev–Trinajstić information content (AvgIpc) is 2.68. The number of amides is 2. The Kier molecular flexibility index (Phi) is 4.45. The van der Waals surface area contributed by atoms with Crippen molar-refractivity contribution in [3.63, 3.8) is 0 Å². The molecular weight excluding hydrogens is 226 g/mol. The summed E-state index contributed by atoms with van der Waals surface area (Å²) in [6, 6.07) is 2.85. The third-order valence-corrected chi connectivity index (χ3v) is 3.14. The minimum atomic E-state index is -0.875. The summed E-state index contributed by atoms with van der Waals surface area (Å²) in [6.45, 7) is 1.86. The van der Waals surface area contributed by atoms with Crippen LogP contribution < -0.4 is 16.8 Å². The van der Waals surface area contributed by atoms with E-state index in [9.17, 15) is 9.59 Å². The zero-order valence-electron chi connectivity index (χ0n) is 8.97. The first kappa shape index (κ1) is 12.7. The summed E-state index contributed by atoms with van der Waals surface area (Å²) in [6.07, 6.45) is -0.136. The first-order valence-corrected chi connectivity index (χ1v) is 5.76. The summed E-state index contributed by atoms with van der Waals surface area (Å²) in [5.41, 5.74) is 10.5. The first-order chi connectivity index (χ1) is 7.50. The molecule has 0 saturated heterocycles. The molecule has 0 saturated carbocycles. The van der Waals surface area contributed by atoms with E-state index in [0.29, 0.717) is 0 Å². The van der Waals surface area contributed by atoms with Gasteiger partial charge in [-0.05, 0) is 18.4 Å². The Hall–Kier alpha value is -1.40. The van der Waals surface area contributed by atoms with Crippen molar-refractivity contribution in [3.05, 3.63) is 22.4 Å². The monoisotopic (exact) mass is 241 g/mol. The van der Waals surface area contributed by atoms with Crippen LogP contribution in [0.2, 0.25) is 0 Å². The van der Waals surface area contributed by atoms with E-state index in [0.717, 1.165) is 4.88 Å². The third-order valence-electron chi connectivity index (χ3n) is 2.09. The highest BCUT2D eigenvalue weighted by Crippen LogP contribution is 2.17. The molecular formula is C10H15N3O2S. The molecule has 16 heavy (non-hydrogen) atoms. The fraction of sp³-hybridized carbons (Fsp3) is 0.400. The van der Waals surface area contributed by atoms with Crippen LogP contribution in [0.4, 0.5) is 0 Å². The molecule has 0 spiro atoms. The van der Waals surface area contributed by atoms with Crippen LogP contribution in [0.25, 0.3) is 0 Å². The smallest absolute Gasteiger partial charge is 0.237 e. The van der Waals surface area contributed by atoms with E-state index in [4.69, 9.17) is 11.5 Å². The fourth-order valence-electron chi connectivity index (χ4n) is 1.24. The number of carbonyl (C=O) groups is 2. The van der Waals surface area contributed by atoms with E-state index in [1.165, 1.54) is 0 Å². The zero-order valence-corrected chi connectivity index (χ0v) is 9.79. The summed E-state index contributed by atoms with van der Waals surface area (Å²) in [4.78, 5) is 23.2. The number of nitrogens with two attached hydrogens (primary N) is 2. The number of hydrogen-bond donors (Lipinski definition) is 3. The molecule has 5 N–H and O–H groups in total. The maximum atomic E-state index is 11.5. The molecule has 88 valence electrons. The van der Waals surface area contributed by atoms with E-state index in [1.54, 1.807) is 11.3 Å². The Bertz CT molecular complexity index is 364. The Labute approximate surface area is 97.8 Å². The number of thiophene rings is 1. The van der Waals surface area contributed by atoms with Gasteiger partial charge in [0, 0.05) is 4.88 Å². The van der Waals surface area contributed by atoms with Crippen molar-refractivity contribution in [1.82, 2.24) is 5.32 Å². The van der Waals surface area contributed by atoms with Gasteiger partial charge in [0.15, 0.2) is 0 Å². The maximum Gasteiger partial charge on any atom is 0.237 e. The minimum absolute atomic E-state index is 0.105. The normalized spacial score (nSPS) is 14.1. The van der Waals surface area contributed by atoms with Gasteiger partial charge in [0.05, 0.1) is 18.5 Å². The van der Waals surface area contributed by atoms with Crippen molar-refractivity contribution in [2.24, 2.45) is 11.5 Å². The van der Waals surface area contributed by atoms with Gasteiger partial charge < -0.3 is 16.8 Å². The van der Waals surface area contributed by atoms with Crippen molar-refractivity contribution in [3.8, 4) is 0 Å². The molecule has 0 aromatic carbocycles. The van der Waals surface area contributed by atoms with Crippen LogP contribution in [0.15, 0.2) is 17.5 Å². The van der Waals surface area contributed by atoms with Crippen LogP contribution in [-0.2, 0) is 9.59 Å². The van der Waals surface area contributed by atoms with Crippen LogP contribution in [0, 0.1) is 0 Å². The molecule has 0 aliphatic rings. The highest BCUT2D eigenvalue weighted by molar-refractivity contribution is 7.10. The largest absolute Gasteiger partial charge is 0.370 e. The number of nitrogens with one attached hydrogen (secondary N) is 1. The van der Waals surface area contributed by atoms with Gasteiger partial charge in [-0.2, -0.15) is 0 Å². The fourth-order valence-corrected chi connectivity index (χ4v) is 1.97. The van der Waals surface area contributed by atoms with Gasteiger partial charge in [-0.3, -0.25) is 9.59 Å². The molecule has 2 amide bonds. The first-order valence-electron chi connectivity index (χ1n) is 4.88. The molecule has 2 atom stereocenters. The van der Waals surface area contributed by atoms with Gasteiger partial charge >= 0.3 is 0 Å². The van der Waals surface area contributed by atoms with Crippen molar-refractivity contribution in [1.29, 1.82) is 0 Å². The van der Waals surface area contributed by atoms with Crippen LogP contribution in [0.5, 0.6) is 0 Å². The second-order valence-electron chi connectivity index (χ2n) is 3.52. The van der Waals surface area contributed by atoms with Crippen molar-refractivity contribution in [2.75, 3.05) is 0 Å². The van der Waals surface area contributed by atoms with E-state index < -0.39 is 11.9 Å². The van der Waals surface area contributed by atoms with Gasteiger partial charge in [0.2, 0.25) is 11.8 Å². The molecule has 5 nitrogen and oxygen atoms in total. The standard InChI is InChI=1S/C10H15N3O2S/c1-6(8-3-2-4-16-8)13-10(15)7(11)5-9(12)14/h2-4,6-7H,5,11H2,1H3,(H2,12,14)(H,13,15)/t6-,7?/m1/s1. The highest BCUT2D eigenvalue weighted by atomic mass is 32.1. The van der Waals surface area contributed by atoms with E-state index >= 15 is 0 Å². The van der Waals surface area contributed by atoms with Crippen molar-refractivity contribution < 1.29 is 9.59 Å². The van der Waals surface area contributed by atoms with Gasteiger partial charge in [-0.1, -0.05) is 6.07 Å². The quantitative estimate of drug-likeness (QED) is 0.683. The molecule has 0 aliphatic heterocycles. The maximum absolute atomic E-state index is 11.5. The second-order valence-corrected chi connectivity index (χ2v) is 4.50. The SMILES string of the molecule is C[C@@H](NC(=O)C(N)CC(N)=O)c1cccs1. The van der Waals surface area contributed by atoms with Gasteiger partial charge in [0.25, 0.3) is 0 Å². The topological polar surface area (TPSA) is 98.2 Å². The summed E-state index contributed by atoms with van der Waals surface area (Å²) >= 11 is 1.55. The lowest BCUT2D eigenvalue weighted by atomic mass is 10.2. The Balaban J connectivity index is 2.48. The predicted molar refractivity (Wildman–Crippen MR) is 62.7 cm³/mol. The Morgan fingerprint density at radius 2 is 2.25 bits per heavy atom. The lowest BCUT2D eigenvalue weighted by molar-refractivity contribution is -0.126. The summed E-state index contributed by atoms with van der Waals surface area (Å²) in [5.74, 6) is -0.939. The lowest BCUT2D eigenvalue weighted by Gasteiger charge is -2.15. The van der Waals surface area contributed by atoms with Gasteiger partial charge in [-0.25, -0.2) is 0 Å². The van der Waals surface area contributed by atoms with Crippen LogP contribution >= 0.6 is 11.3 Å². The Morgan fingerprint density at radius 1 is 1.56 bits per heavy atom. The molecule has 6 heteroatoms. The van der Waals surface area contributed by atoms with Crippen molar-refractivity contribution in [2.45, 2.75) is 25.4 Å². The number of hydrogen-bond acceptors (Lipinski definition) is 4. The summed E-state index contributed by atoms with van der Waals surface area (Å²) < 4.78 is 0. The number of carbonyl (C=O) groups excluding carboxylic acids is 2. The zero-order chi connectivity index (χ0) is 12.1. The molecule has 1 heterocycles. The van der Waals surface area contributed by atoms with Crippen molar-refractivity contribution >= 4 is 23.2 Å². The van der Waals surface area contributed by atoms with Gasteiger partial charge in [-0.15, -0.1) is 11.3 Å². The molecule has 0 radical (unpaired) electrons. The Morgan fingerprint density at radius 3 is 2.75 bits per heavy atom. The summed E-state index contributed by atoms with van der Waals surface area (Å²) in [7, 11) is 0. The highest BCUT2D eigenvalue weighted by Gasteiger charge is 2.18. The number of primary amides is 1. The second kappa shape index (κ2) is 5.62. The molecule has 0 fully saturated rings. The van der Waals surface area contributed by atoms with E-state index in [-0.39, 0.29) is 18.4 Å². The minimum Gasteiger partial charge on any atom is -0.370 e. The molecule has 1 aromatic rings. The lowest BCUT2D eigenvalue weighted by Crippen LogP contribution is -2.43. The third kappa shape index (κ3) is 3.63. The summed E-state index contributed by atoms with van der Waals surface area (Å²) in [5, 5.41) is 4.66. The van der Waals surface area contributed by atoms with Crippen LogP contribution in [0.3, 0.4) is 0 Å². The molecule has 0 aliphatic carbocycles. The van der Waals surface area contributed by atoms with E-state index in [2.05, 4.69) is 5.32 Å². The number of rotatable bonds is 5. The molecule has 1 unspecified atom stereocenters. The van der Waals surface area contributed by atoms with Gasteiger partial charge in [0.1, 0.15) is 0 Å². The van der Waals surface area contributed by atoms with Crippen LogP contribution in [0.1, 0.15) is 24.3 Å². The molecule has 1 aromatic heterocycles. The van der Waals surface area contributed by atoms with Crippen LogP contribution in [-0.4, -0.2) is 17.9 Å². The molecule has 1 rings (SSSR count).